The smallest absolute Gasteiger partial charge is 0.387 e. The number of esters is 1. The van der Waals surface area contributed by atoms with Crippen LogP contribution in [0.1, 0.15) is 31.1 Å². The molecule has 0 radical (unpaired) electrons. The van der Waals surface area contributed by atoms with Crippen molar-refractivity contribution < 1.29 is 32.6 Å². The molecule has 1 atom stereocenters. The fourth-order valence-corrected chi connectivity index (χ4v) is 1.70. The first-order valence-electron chi connectivity index (χ1n) is 7.09. The molecule has 0 spiro atoms. The molecule has 0 aromatic heterocycles. The van der Waals surface area contributed by atoms with E-state index >= 15 is 0 Å². The third-order valence-electron chi connectivity index (χ3n) is 2.70. The molecule has 0 aliphatic heterocycles. The van der Waals surface area contributed by atoms with Gasteiger partial charge in [0.2, 0.25) is 0 Å². The topological polar surface area (TPSA) is 73.9 Å². The number of hydrogen-bond donors (Lipinski definition) is 1. The molecule has 23 heavy (non-hydrogen) atoms. The number of alkyl halides is 2. The number of rotatable bonds is 8. The minimum absolute atomic E-state index is 0.00656. The largest absolute Gasteiger partial charge is 0.490 e. The number of amides is 1. The second kappa shape index (κ2) is 8.92. The SMILES string of the molecule is CCNC(=O)[C@@H](C)OC(=O)c1ccc(OC(F)F)c(OCC)c1. The van der Waals surface area contributed by atoms with Crippen LogP contribution in [0.5, 0.6) is 11.5 Å². The summed E-state index contributed by atoms with van der Waals surface area (Å²) in [7, 11) is 0. The van der Waals surface area contributed by atoms with Crippen LogP contribution in [0, 0.1) is 0 Å². The number of carbonyl (C=O) groups excluding carboxylic acids is 2. The molecule has 0 saturated carbocycles. The predicted octanol–water partition coefficient (Wildman–Crippen LogP) is 2.37. The van der Waals surface area contributed by atoms with Crippen molar-refractivity contribution in [3.05, 3.63) is 23.8 Å². The van der Waals surface area contributed by atoms with Gasteiger partial charge >= 0.3 is 12.6 Å². The molecular weight excluding hydrogens is 312 g/mol. The van der Waals surface area contributed by atoms with Crippen molar-refractivity contribution in [1.29, 1.82) is 0 Å². The highest BCUT2D eigenvalue weighted by atomic mass is 19.3. The zero-order chi connectivity index (χ0) is 17.4. The van der Waals surface area contributed by atoms with Crippen molar-refractivity contribution in [1.82, 2.24) is 5.32 Å². The summed E-state index contributed by atoms with van der Waals surface area (Å²) in [4.78, 5) is 23.5. The van der Waals surface area contributed by atoms with E-state index in [4.69, 9.17) is 9.47 Å². The minimum Gasteiger partial charge on any atom is -0.490 e. The van der Waals surface area contributed by atoms with E-state index in [-0.39, 0.29) is 23.7 Å². The van der Waals surface area contributed by atoms with Crippen molar-refractivity contribution in [2.24, 2.45) is 0 Å². The third kappa shape index (κ3) is 5.72. The molecule has 0 aliphatic rings. The summed E-state index contributed by atoms with van der Waals surface area (Å²) in [6, 6.07) is 3.67. The van der Waals surface area contributed by atoms with Gasteiger partial charge in [-0.2, -0.15) is 8.78 Å². The van der Waals surface area contributed by atoms with Gasteiger partial charge in [0.1, 0.15) is 0 Å². The summed E-state index contributed by atoms with van der Waals surface area (Å²) < 4.78 is 39.1. The Bertz CT molecular complexity index is 551. The maximum Gasteiger partial charge on any atom is 0.387 e. The lowest BCUT2D eigenvalue weighted by Gasteiger charge is -2.15. The summed E-state index contributed by atoms with van der Waals surface area (Å²) in [6.07, 6.45) is -0.977. The Morgan fingerprint density at radius 1 is 1.22 bits per heavy atom. The van der Waals surface area contributed by atoms with Crippen LogP contribution < -0.4 is 14.8 Å². The number of nitrogens with one attached hydrogen (secondary N) is 1. The summed E-state index contributed by atoms with van der Waals surface area (Å²) in [5.74, 6) is -1.39. The molecule has 0 aliphatic carbocycles. The lowest BCUT2D eigenvalue weighted by molar-refractivity contribution is -0.128. The van der Waals surface area contributed by atoms with Gasteiger partial charge in [-0.3, -0.25) is 4.79 Å². The quantitative estimate of drug-likeness (QED) is 0.740. The first-order chi connectivity index (χ1) is 10.9. The number of carbonyl (C=O) groups is 2. The molecule has 128 valence electrons. The van der Waals surface area contributed by atoms with Gasteiger partial charge in [0.05, 0.1) is 12.2 Å². The molecule has 8 heteroatoms. The van der Waals surface area contributed by atoms with Gasteiger partial charge in [0, 0.05) is 6.54 Å². The lowest BCUT2D eigenvalue weighted by Crippen LogP contribution is -2.35. The molecular formula is C15H19F2NO5. The predicted molar refractivity (Wildman–Crippen MR) is 77.8 cm³/mol. The van der Waals surface area contributed by atoms with Crippen LogP contribution in [-0.4, -0.2) is 37.7 Å². The summed E-state index contributed by atoms with van der Waals surface area (Å²) in [6.45, 7) is 2.43. The molecule has 0 fully saturated rings. The van der Waals surface area contributed by atoms with E-state index in [0.29, 0.717) is 6.54 Å². The van der Waals surface area contributed by atoms with Gasteiger partial charge in [-0.15, -0.1) is 0 Å². The Labute approximate surface area is 132 Å². The second-order valence-electron chi connectivity index (χ2n) is 4.42. The normalized spacial score (nSPS) is 11.7. The Morgan fingerprint density at radius 3 is 2.48 bits per heavy atom. The Hall–Kier alpha value is -2.38. The van der Waals surface area contributed by atoms with E-state index in [9.17, 15) is 18.4 Å². The zero-order valence-corrected chi connectivity index (χ0v) is 13.1. The van der Waals surface area contributed by atoms with Crippen molar-refractivity contribution in [2.45, 2.75) is 33.5 Å². The maximum absolute atomic E-state index is 12.3. The van der Waals surface area contributed by atoms with Gasteiger partial charge in [-0.1, -0.05) is 0 Å². The zero-order valence-electron chi connectivity index (χ0n) is 13.1. The summed E-state index contributed by atoms with van der Waals surface area (Å²) in [5, 5.41) is 2.52. The Kier molecular flexibility index (Phi) is 7.24. The highest BCUT2D eigenvalue weighted by Gasteiger charge is 2.20. The molecule has 1 rings (SSSR count). The average Bonchev–Trinajstić information content (AvgIpc) is 2.48. The molecule has 1 aromatic carbocycles. The number of ether oxygens (including phenoxy) is 3. The highest BCUT2D eigenvalue weighted by Crippen LogP contribution is 2.30. The minimum atomic E-state index is -3.01. The van der Waals surface area contributed by atoms with Crippen LogP contribution >= 0.6 is 0 Å². The van der Waals surface area contributed by atoms with Crippen LogP contribution in [0.15, 0.2) is 18.2 Å². The molecule has 0 bridgehead atoms. The van der Waals surface area contributed by atoms with Gasteiger partial charge < -0.3 is 19.5 Å². The van der Waals surface area contributed by atoms with Crippen molar-refractivity contribution in [3.8, 4) is 11.5 Å². The number of benzene rings is 1. The highest BCUT2D eigenvalue weighted by molar-refractivity contribution is 5.92. The second-order valence-corrected chi connectivity index (χ2v) is 4.42. The molecule has 1 N–H and O–H groups in total. The first-order valence-corrected chi connectivity index (χ1v) is 7.09. The average molecular weight is 331 g/mol. The molecule has 0 unspecified atom stereocenters. The molecule has 0 heterocycles. The Balaban J connectivity index is 2.88. The van der Waals surface area contributed by atoms with E-state index in [2.05, 4.69) is 10.1 Å². The number of halogens is 2. The molecule has 1 aromatic rings. The molecule has 1 amide bonds. The number of hydrogen-bond acceptors (Lipinski definition) is 5. The van der Waals surface area contributed by atoms with Gasteiger partial charge in [0.15, 0.2) is 17.6 Å². The fraction of sp³-hybridized carbons (Fsp3) is 0.467. The van der Waals surface area contributed by atoms with Crippen molar-refractivity contribution in [2.75, 3.05) is 13.2 Å². The maximum atomic E-state index is 12.3. The molecule has 6 nitrogen and oxygen atoms in total. The standard InChI is InChI=1S/C15H19F2NO5/c1-4-18-13(19)9(3)22-14(20)10-6-7-11(23-15(16)17)12(8-10)21-5-2/h6-9,15H,4-5H2,1-3H3,(H,18,19)/t9-/m1/s1. The van der Waals surface area contributed by atoms with E-state index in [1.807, 2.05) is 0 Å². The van der Waals surface area contributed by atoms with Crippen LogP contribution in [0.3, 0.4) is 0 Å². The van der Waals surface area contributed by atoms with Crippen LogP contribution in [0.2, 0.25) is 0 Å². The van der Waals surface area contributed by atoms with Crippen LogP contribution in [0.25, 0.3) is 0 Å². The van der Waals surface area contributed by atoms with Gasteiger partial charge in [-0.25, -0.2) is 4.79 Å². The fourth-order valence-electron chi connectivity index (χ4n) is 1.70. The summed E-state index contributed by atoms with van der Waals surface area (Å²) >= 11 is 0. The lowest BCUT2D eigenvalue weighted by atomic mass is 10.2. The monoisotopic (exact) mass is 331 g/mol. The van der Waals surface area contributed by atoms with E-state index in [1.165, 1.54) is 25.1 Å². The van der Waals surface area contributed by atoms with Gasteiger partial charge in [0.25, 0.3) is 5.91 Å². The summed E-state index contributed by atoms with van der Waals surface area (Å²) in [5.41, 5.74) is 0.0613. The Morgan fingerprint density at radius 2 is 1.91 bits per heavy atom. The van der Waals surface area contributed by atoms with Crippen molar-refractivity contribution in [3.63, 3.8) is 0 Å². The van der Waals surface area contributed by atoms with Crippen LogP contribution in [0.4, 0.5) is 8.78 Å². The van der Waals surface area contributed by atoms with Crippen molar-refractivity contribution >= 4 is 11.9 Å². The third-order valence-corrected chi connectivity index (χ3v) is 2.70. The first kappa shape index (κ1) is 18.7. The van der Waals surface area contributed by atoms with E-state index < -0.39 is 24.6 Å². The van der Waals surface area contributed by atoms with Crippen LogP contribution in [-0.2, 0) is 9.53 Å². The van der Waals surface area contributed by atoms with Gasteiger partial charge in [-0.05, 0) is 39.0 Å². The van der Waals surface area contributed by atoms with E-state index in [0.717, 1.165) is 0 Å². The molecule has 0 saturated heterocycles. The number of likely N-dealkylation sites (N-methyl/N-ethyl adjacent to an activating group) is 1. The van der Waals surface area contributed by atoms with E-state index in [1.54, 1.807) is 13.8 Å².